The van der Waals surface area contributed by atoms with Gasteiger partial charge in [-0.15, -0.1) is 0 Å². The Labute approximate surface area is 213 Å². The Morgan fingerprint density at radius 3 is 2.03 bits per heavy atom. The lowest BCUT2D eigenvalue weighted by molar-refractivity contribution is 0.305. The van der Waals surface area contributed by atoms with Gasteiger partial charge in [0.25, 0.3) is 20.2 Å². The lowest BCUT2D eigenvalue weighted by atomic mass is 9.87. The third-order valence-corrected chi connectivity index (χ3v) is 8.13. The van der Waals surface area contributed by atoms with E-state index < -0.39 is 35.7 Å². The molecule has 1 heterocycles. The number of aliphatic imine (C=N–C) groups is 2. The molecule has 14 heteroatoms. The largest absolute Gasteiger partial charge is 0.369 e. The van der Waals surface area contributed by atoms with Gasteiger partial charge in [0.15, 0.2) is 0 Å². The Hall–Kier alpha value is -2.97. The van der Waals surface area contributed by atoms with E-state index in [0.29, 0.717) is 18.5 Å². The highest BCUT2D eigenvalue weighted by atomic mass is 35.5. The molecule has 0 unspecified atom stereocenters. The zero-order chi connectivity index (χ0) is 26.3. The molecule has 0 saturated heterocycles. The molecule has 1 saturated carbocycles. The summed E-state index contributed by atoms with van der Waals surface area (Å²) in [6.45, 7) is 0. The quantitative estimate of drug-likeness (QED) is 0.318. The van der Waals surface area contributed by atoms with Crippen molar-refractivity contribution in [2.24, 2.45) is 21.5 Å². The Morgan fingerprint density at radius 1 is 0.889 bits per heavy atom. The van der Waals surface area contributed by atoms with E-state index >= 15 is 0 Å². The lowest BCUT2D eigenvalue weighted by Gasteiger charge is -2.45. The number of guanidine groups is 2. The van der Waals surface area contributed by atoms with Gasteiger partial charge < -0.3 is 11.5 Å². The highest BCUT2D eigenvalue weighted by molar-refractivity contribution is 7.86. The molecule has 1 fully saturated rings. The van der Waals surface area contributed by atoms with Gasteiger partial charge in [-0.05, 0) is 61.1 Å². The molecule has 36 heavy (non-hydrogen) atoms. The van der Waals surface area contributed by atoms with E-state index in [2.05, 4.69) is 9.98 Å². The van der Waals surface area contributed by atoms with Crippen LogP contribution in [0, 0.1) is 0 Å². The van der Waals surface area contributed by atoms with Crippen LogP contribution in [-0.4, -0.2) is 43.5 Å². The molecule has 0 atom stereocenters. The van der Waals surface area contributed by atoms with Crippen LogP contribution in [0.15, 0.2) is 56.2 Å². The van der Waals surface area contributed by atoms with E-state index in [1.807, 2.05) is 0 Å². The first-order chi connectivity index (χ1) is 16.8. The van der Waals surface area contributed by atoms with Crippen LogP contribution in [0.2, 0.25) is 5.02 Å². The summed E-state index contributed by atoms with van der Waals surface area (Å²) in [6, 6.07) is 8.10. The standard InChI is InChI=1S/C22H24ClN5O6S2/c23-16-8-6-14(18(12-16)35(29,30)31)4-5-15-7-9-17(13-19(15)36(32,33)34)28-21(25)26-20(24)27-22(28)10-2-1-3-11-22/h4-9,12-13H,1-3,10-11H2,(H,29,30,31)(H,32,33,34)(H4,24,25,26,27). The number of rotatable bonds is 5. The maximum atomic E-state index is 12.3. The molecular formula is C22H24ClN5O6S2. The lowest BCUT2D eigenvalue weighted by Crippen LogP contribution is -2.58. The molecule has 4 rings (SSSR count). The van der Waals surface area contributed by atoms with Crippen LogP contribution in [0.3, 0.4) is 0 Å². The molecule has 2 aliphatic rings. The molecule has 1 spiro atoms. The van der Waals surface area contributed by atoms with Crippen LogP contribution in [0.25, 0.3) is 12.2 Å². The highest BCUT2D eigenvalue weighted by Crippen LogP contribution is 2.40. The predicted molar refractivity (Wildman–Crippen MR) is 138 cm³/mol. The molecule has 2 aromatic rings. The van der Waals surface area contributed by atoms with Crippen molar-refractivity contribution >= 4 is 61.6 Å². The first kappa shape index (κ1) is 26.1. The van der Waals surface area contributed by atoms with Crippen molar-refractivity contribution in [2.45, 2.75) is 47.6 Å². The average Bonchev–Trinajstić information content (AvgIpc) is 2.77. The summed E-state index contributed by atoms with van der Waals surface area (Å²) in [5.74, 6) is 0.0887. The third-order valence-electron chi connectivity index (χ3n) is 6.08. The molecule has 0 bridgehead atoms. The van der Waals surface area contributed by atoms with E-state index in [0.717, 1.165) is 25.3 Å². The van der Waals surface area contributed by atoms with E-state index in [9.17, 15) is 25.9 Å². The van der Waals surface area contributed by atoms with Gasteiger partial charge >= 0.3 is 0 Å². The highest BCUT2D eigenvalue weighted by Gasteiger charge is 2.42. The van der Waals surface area contributed by atoms with Gasteiger partial charge in [0.05, 0.1) is 0 Å². The average molecular weight is 554 g/mol. The van der Waals surface area contributed by atoms with Crippen LogP contribution >= 0.6 is 11.6 Å². The zero-order valence-corrected chi connectivity index (χ0v) is 21.3. The number of nitrogens with two attached hydrogens (primary N) is 2. The molecule has 0 amide bonds. The van der Waals surface area contributed by atoms with Crippen molar-refractivity contribution in [3.05, 3.63) is 52.5 Å². The summed E-state index contributed by atoms with van der Waals surface area (Å²) in [7, 11) is -9.33. The SMILES string of the molecule is NC1=NC2(CCCCC2)N(c2ccc(C=Cc3ccc(Cl)cc3S(=O)(=O)O)c(S(=O)(=O)O)c2)C(N)=N1. The minimum Gasteiger partial charge on any atom is -0.369 e. The summed E-state index contributed by atoms with van der Waals surface area (Å²) >= 11 is 5.85. The minimum absolute atomic E-state index is 0.0396. The Bertz CT molecular complexity index is 1510. The second-order valence-corrected chi connectivity index (χ2v) is 11.7. The normalized spacial score (nSPS) is 18.4. The Balaban J connectivity index is 1.81. The third kappa shape index (κ3) is 5.25. The summed E-state index contributed by atoms with van der Waals surface area (Å²) in [5, 5.41) is 0.0866. The van der Waals surface area contributed by atoms with Gasteiger partial charge in [-0.2, -0.15) is 21.8 Å². The van der Waals surface area contributed by atoms with E-state index in [1.165, 1.54) is 36.4 Å². The number of nitrogens with zero attached hydrogens (tertiary/aromatic N) is 3. The molecule has 1 aliphatic heterocycles. The monoisotopic (exact) mass is 553 g/mol. The van der Waals surface area contributed by atoms with Gasteiger partial charge in [0.1, 0.15) is 15.5 Å². The van der Waals surface area contributed by atoms with Crippen molar-refractivity contribution in [3.63, 3.8) is 0 Å². The van der Waals surface area contributed by atoms with Crippen LogP contribution < -0.4 is 16.4 Å². The Kier molecular flexibility index (Phi) is 6.88. The molecule has 6 N–H and O–H groups in total. The fraction of sp³-hybridized carbons (Fsp3) is 0.273. The predicted octanol–water partition coefficient (Wildman–Crippen LogP) is 3.11. The second-order valence-electron chi connectivity index (χ2n) is 8.51. The topological polar surface area (TPSA) is 189 Å². The summed E-state index contributed by atoms with van der Waals surface area (Å²) in [6.07, 6.45) is 6.58. The van der Waals surface area contributed by atoms with E-state index in [1.54, 1.807) is 11.0 Å². The van der Waals surface area contributed by atoms with Crippen LogP contribution in [0.1, 0.15) is 43.2 Å². The molecule has 0 aromatic heterocycles. The smallest absolute Gasteiger partial charge is 0.295 e. The summed E-state index contributed by atoms with van der Waals surface area (Å²) in [4.78, 5) is 9.32. The summed E-state index contributed by atoms with van der Waals surface area (Å²) in [5.41, 5.74) is 11.7. The molecule has 11 nitrogen and oxygen atoms in total. The van der Waals surface area contributed by atoms with Gasteiger partial charge in [0.2, 0.25) is 11.9 Å². The second kappa shape index (κ2) is 9.48. The number of hydrogen-bond donors (Lipinski definition) is 4. The van der Waals surface area contributed by atoms with E-state index in [4.69, 9.17) is 23.1 Å². The number of benzene rings is 2. The molecule has 192 valence electrons. The van der Waals surface area contributed by atoms with Crippen LogP contribution in [-0.2, 0) is 20.2 Å². The maximum absolute atomic E-state index is 12.3. The van der Waals surface area contributed by atoms with Crippen molar-refractivity contribution in [3.8, 4) is 0 Å². The molecule has 0 radical (unpaired) electrons. The van der Waals surface area contributed by atoms with Crippen molar-refractivity contribution in [1.82, 2.24) is 0 Å². The van der Waals surface area contributed by atoms with E-state index in [-0.39, 0.29) is 28.1 Å². The van der Waals surface area contributed by atoms with Gasteiger partial charge in [-0.1, -0.05) is 42.3 Å². The van der Waals surface area contributed by atoms with Crippen molar-refractivity contribution in [2.75, 3.05) is 4.90 Å². The maximum Gasteiger partial charge on any atom is 0.295 e. The first-order valence-electron chi connectivity index (χ1n) is 10.9. The summed E-state index contributed by atoms with van der Waals surface area (Å²) < 4.78 is 67.6. The Morgan fingerprint density at radius 2 is 1.44 bits per heavy atom. The van der Waals surface area contributed by atoms with Gasteiger partial charge in [-0.3, -0.25) is 14.0 Å². The fourth-order valence-corrected chi connectivity index (χ4v) is 6.22. The van der Waals surface area contributed by atoms with Gasteiger partial charge in [-0.25, -0.2) is 4.99 Å². The molecular weight excluding hydrogens is 530 g/mol. The minimum atomic E-state index is -4.72. The fourth-order valence-electron chi connectivity index (χ4n) is 4.57. The van der Waals surface area contributed by atoms with Crippen LogP contribution in [0.4, 0.5) is 5.69 Å². The van der Waals surface area contributed by atoms with Crippen molar-refractivity contribution < 1.29 is 25.9 Å². The first-order valence-corrected chi connectivity index (χ1v) is 14.1. The zero-order valence-electron chi connectivity index (χ0n) is 18.9. The number of halogens is 1. The molecule has 1 aliphatic carbocycles. The number of anilines is 1. The van der Waals surface area contributed by atoms with Crippen LogP contribution in [0.5, 0.6) is 0 Å². The van der Waals surface area contributed by atoms with Crippen molar-refractivity contribution in [1.29, 1.82) is 0 Å². The van der Waals surface area contributed by atoms with Gasteiger partial charge in [0, 0.05) is 10.7 Å². The number of hydrogen-bond acceptors (Lipinski definition) is 9. The molecule has 2 aromatic carbocycles.